The van der Waals surface area contributed by atoms with E-state index in [0.29, 0.717) is 0 Å². The molecule has 1 radical (unpaired) electrons. The minimum absolute atomic E-state index is 0. The first-order chi connectivity index (χ1) is 3.86. The molecule has 0 saturated heterocycles. The van der Waals surface area contributed by atoms with Crippen LogP contribution in [0.25, 0.3) is 0 Å². The van der Waals surface area contributed by atoms with E-state index in [1.54, 1.807) is 0 Å². The Balaban J connectivity index is 0.000000405. The third-order valence-corrected chi connectivity index (χ3v) is 2.23. The molecule has 2 heteroatoms. The Kier molecular flexibility index (Phi) is 2.15. The number of halogens is 1. The maximum Gasteiger partial charge on any atom is 0.0401 e. The normalized spacial score (nSPS) is 22.1. The van der Waals surface area contributed by atoms with Crippen molar-refractivity contribution in [1.82, 2.24) is 0 Å². The van der Waals surface area contributed by atoms with Crippen LogP contribution in [0, 0.1) is 0 Å². The minimum atomic E-state index is 0. The van der Waals surface area contributed by atoms with Gasteiger partial charge in [0.25, 0.3) is 0 Å². The summed E-state index contributed by atoms with van der Waals surface area (Å²) >= 11 is 5.81. The van der Waals surface area contributed by atoms with Crippen LogP contribution in [0.3, 0.4) is 0 Å². The summed E-state index contributed by atoms with van der Waals surface area (Å²) in [5.41, 5.74) is 2.99. The van der Waals surface area contributed by atoms with Crippen LogP contribution in [0.15, 0.2) is 22.3 Å². The predicted molar refractivity (Wildman–Crippen MR) is 34.8 cm³/mol. The monoisotopic (exact) mass is 319 g/mol. The Hall–Kier alpha value is 0.419. The molecule has 0 aromatic heterocycles. The molecule has 1 saturated carbocycles. The van der Waals surface area contributed by atoms with Gasteiger partial charge in [-0.25, -0.2) is 0 Å². The van der Waals surface area contributed by atoms with E-state index in [9.17, 15) is 0 Å². The van der Waals surface area contributed by atoms with Crippen molar-refractivity contribution in [1.29, 1.82) is 0 Å². The van der Waals surface area contributed by atoms with E-state index in [4.69, 9.17) is 11.6 Å². The summed E-state index contributed by atoms with van der Waals surface area (Å²) in [7, 11) is 0. The third kappa shape index (κ3) is 1.14. The van der Waals surface area contributed by atoms with E-state index in [0.717, 1.165) is 5.03 Å². The van der Waals surface area contributed by atoms with Gasteiger partial charge < -0.3 is 0 Å². The van der Waals surface area contributed by atoms with Crippen molar-refractivity contribution in [3.05, 3.63) is 22.3 Å². The fourth-order valence-corrected chi connectivity index (χ4v) is 1.69. The first kappa shape index (κ1) is 7.53. The van der Waals surface area contributed by atoms with Gasteiger partial charge in [0.05, 0.1) is 0 Å². The van der Waals surface area contributed by atoms with Crippen molar-refractivity contribution in [3.8, 4) is 0 Å². The number of hydrogen-bond acceptors (Lipinski definition) is 0. The van der Waals surface area contributed by atoms with Crippen molar-refractivity contribution < 1.29 is 20.1 Å². The van der Waals surface area contributed by atoms with Crippen molar-refractivity contribution in [3.63, 3.8) is 0 Å². The van der Waals surface area contributed by atoms with Crippen LogP contribution in [-0.4, -0.2) is 0 Å². The molecule has 0 aromatic carbocycles. The molecule has 0 heterocycles. The van der Waals surface area contributed by atoms with Gasteiger partial charge in [0.2, 0.25) is 0 Å². The maximum absolute atomic E-state index is 5.81. The second-order valence-electron chi connectivity index (χ2n) is 2.43. The topological polar surface area (TPSA) is 0 Å². The first-order valence-electron chi connectivity index (χ1n) is 2.93. The number of rotatable bonds is 0. The molecule has 2 rings (SSSR count). The Morgan fingerprint density at radius 1 is 1.33 bits per heavy atom. The zero-order valence-electron chi connectivity index (χ0n) is 4.91. The summed E-state index contributed by atoms with van der Waals surface area (Å²) in [4.78, 5) is 0. The van der Waals surface area contributed by atoms with Crippen molar-refractivity contribution in [2.45, 2.75) is 19.3 Å². The summed E-state index contributed by atoms with van der Waals surface area (Å²) in [5.74, 6) is 0. The van der Waals surface area contributed by atoms with Gasteiger partial charge in [-0.15, -0.1) is 0 Å². The molecule has 0 aliphatic heterocycles. The second-order valence-corrected chi connectivity index (χ2v) is 2.84. The molecule has 0 nitrogen and oxygen atoms in total. The second kappa shape index (κ2) is 2.57. The van der Waals surface area contributed by atoms with E-state index in [1.165, 1.54) is 30.4 Å². The Bertz CT molecular complexity index is 191. The molecule has 0 aromatic rings. The van der Waals surface area contributed by atoms with Crippen LogP contribution in [0.5, 0.6) is 0 Å². The van der Waals surface area contributed by atoms with E-state index in [1.807, 2.05) is 0 Å². The molecule has 9 heavy (non-hydrogen) atoms. The molecule has 0 amide bonds. The molecule has 2 aliphatic carbocycles. The summed E-state index contributed by atoms with van der Waals surface area (Å²) in [5, 5.41) is 1.02. The minimum Gasteiger partial charge on any atom is -0.0844 e. The average Bonchev–Trinajstić information content (AvgIpc) is 2.23. The van der Waals surface area contributed by atoms with E-state index < -0.39 is 0 Å². The molecule has 51 valence electrons. The van der Waals surface area contributed by atoms with Gasteiger partial charge >= 0.3 is 0 Å². The van der Waals surface area contributed by atoms with Gasteiger partial charge in [0.15, 0.2) is 0 Å². The van der Waals surface area contributed by atoms with Crippen LogP contribution in [0.2, 0.25) is 0 Å². The molecular formula is C7H7ClIr. The quantitative estimate of drug-likeness (QED) is 0.644. The fourth-order valence-electron chi connectivity index (χ4n) is 1.37. The summed E-state index contributed by atoms with van der Waals surface area (Å²) in [6.45, 7) is 0. The average molecular weight is 319 g/mol. The molecule has 1 fully saturated rings. The van der Waals surface area contributed by atoms with Crippen LogP contribution < -0.4 is 0 Å². The molecule has 0 atom stereocenters. The molecular weight excluding hydrogens is 312 g/mol. The fraction of sp³-hybridized carbons (Fsp3) is 0.429. The zero-order chi connectivity index (χ0) is 5.56. The van der Waals surface area contributed by atoms with Crippen molar-refractivity contribution >= 4 is 11.6 Å². The van der Waals surface area contributed by atoms with Gasteiger partial charge in [-0.1, -0.05) is 17.2 Å². The van der Waals surface area contributed by atoms with Gasteiger partial charge in [-0.3, -0.25) is 0 Å². The van der Waals surface area contributed by atoms with Crippen LogP contribution in [-0.2, 0) is 20.1 Å². The SMILES string of the molecule is ClC1=C2CCC(=C1)C2.[Ir]. The molecule has 0 spiro atoms. The van der Waals surface area contributed by atoms with Gasteiger partial charge in [-0.2, -0.15) is 0 Å². The largest absolute Gasteiger partial charge is 0.0844 e. The smallest absolute Gasteiger partial charge is 0.0401 e. The van der Waals surface area contributed by atoms with E-state index >= 15 is 0 Å². The number of fused-ring (bicyclic) bond motifs is 2. The first-order valence-corrected chi connectivity index (χ1v) is 3.31. The third-order valence-electron chi connectivity index (χ3n) is 1.86. The number of allylic oxidation sites excluding steroid dienone is 4. The molecule has 2 bridgehead atoms. The molecule has 0 N–H and O–H groups in total. The van der Waals surface area contributed by atoms with Crippen LogP contribution in [0.1, 0.15) is 19.3 Å². The summed E-state index contributed by atoms with van der Waals surface area (Å²) in [6, 6.07) is 0. The summed E-state index contributed by atoms with van der Waals surface area (Å²) < 4.78 is 0. The van der Waals surface area contributed by atoms with Gasteiger partial charge in [0.1, 0.15) is 0 Å². The molecule has 0 unspecified atom stereocenters. The van der Waals surface area contributed by atoms with E-state index in [-0.39, 0.29) is 20.1 Å². The van der Waals surface area contributed by atoms with Crippen molar-refractivity contribution in [2.24, 2.45) is 0 Å². The van der Waals surface area contributed by atoms with Gasteiger partial charge in [0, 0.05) is 25.1 Å². The van der Waals surface area contributed by atoms with Crippen LogP contribution in [0.4, 0.5) is 0 Å². The maximum atomic E-state index is 5.81. The van der Waals surface area contributed by atoms with Crippen molar-refractivity contribution in [2.75, 3.05) is 0 Å². The van der Waals surface area contributed by atoms with E-state index in [2.05, 4.69) is 6.08 Å². The Morgan fingerprint density at radius 2 is 2.11 bits per heavy atom. The Labute approximate surface area is 73.3 Å². The predicted octanol–water partition coefficient (Wildman–Crippen LogP) is 2.60. The summed E-state index contributed by atoms with van der Waals surface area (Å²) in [6.07, 6.45) is 5.79. The number of hydrogen-bond donors (Lipinski definition) is 0. The van der Waals surface area contributed by atoms with Gasteiger partial charge in [-0.05, 0) is 30.9 Å². The standard InChI is InChI=1S/C7H7Cl.Ir/c8-7-4-5-1-2-6(7)3-5;/h4H,1-3H2;. The Morgan fingerprint density at radius 3 is 2.33 bits per heavy atom. The van der Waals surface area contributed by atoms with Crippen LogP contribution >= 0.6 is 11.6 Å². The zero-order valence-corrected chi connectivity index (χ0v) is 8.06. The molecule has 2 aliphatic rings.